The van der Waals surface area contributed by atoms with Crippen LogP contribution in [-0.4, -0.2) is 286 Å². The minimum absolute atomic E-state index is 0.00237. The van der Waals surface area contributed by atoms with E-state index in [1.807, 2.05) is 68.4 Å². The van der Waals surface area contributed by atoms with Gasteiger partial charge in [0, 0.05) is 78.9 Å². The van der Waals surface area contributed by atoms with E-state index in [1.54, 1.807) is 72.8 Å². The highest BCUT2D eigenvalue weighted by atomic mass is 16.7. The van der Waals surface area contributed by atoms with Gasteiger partial charge in [0.2, 0.25) is 70.8 Å². The van der Waals surface area contributed by atoms with E-state index in [2.05, 4.69) is 28.2 Å². The first-order valence-corrected chi connectivity index (χ1v) is 47.2. The fraction of sp³-hybridized carbons (Fsp3) is 0.763. The number of ketones is 2. The van der Waals surface area contributed by atoms with Crippen molar-refractivity contribution in [3.8, 4) is 0 Å². The van der Waals surface area contributed by atoms with Crippen molar-refractivity contribution in [2.75, 3.05) is 69.1 Å². The Kier molecular flexibility index (Phi) is 42.9. The lowest BCUT2D eigenvalue weighted by Gasteiger charge is -2.59. The molecule has 1 saturated heterocycles. The van der Waals surface area contributed by atoms with Crippen LogP contribution in [0.25, 0.3) is 0 Å². The number of rotatable bonds is 32. The number of carbonyl (C=O) groups excluding carboxylic acids is 16. The molecule has 130 heavy (non-hydrogen) atoms. The molecule has 1 radical (unpaired) electrons. The molecular formula is C97H158N11O22. The summed E-state index contributed by atoms with van der Waals surface area (Å²) in [6, 6.07) is -13.3. The first-order valence-electron chi connectivity index (χ1n) is 47.2. The van der Waals surface area contributed by atoms with Crippen LogP contribution in [-0.2, 0) is 90.9 Å². The monoisotopic (exact) mass is 1830 g/mol. The van der Waals surface area contributed by atoms with E-state index in [9.17, 15) is 67.7 Å². The van der Waals surface area contributed by atoms with Crippen LogP contribution in [0.2, 0.25) is 0 Å². The lowest BCUT2D eigenvalue weighted by Crippen LogP contribution is -2.64. The van der Waals surface area contributed by atoms with Gasteiger partial charge in [0.15, 0.2) is 12.4 Å². The van der Waals surface area contributed by atoms with Crippen LogP contribution in [0, 0.1) is 76.6 Å². The van der Waals surface area contributed by atoms with Gasteiger partial charge in [0.05, 0.1) is 19.3 Å². The van der Waals surface area contributed by atoms with Gasteiger partial charge >= 0.3 is 18.1 Å². The van der Waals surface area contributed by atoms with Crippen molar-refractivity contribution in [1.82, 2.24) is 55.6 Å². The number of esters is 2. The zero-order valence-corrected chi connectivity index (χ0v) is 82.6. The highest BCUT2D eigenvalue weighted by Crippen LogP contribution is 2.67. The summed E-state index contributed by atoms with van der Waals surface area (Å²) in [6.45, 7) is 33.4. The summed E-state index contributed by atoms with van der Waals surface area (Å²) in [5.41, 5.74) is -2.24. The fourth-order valence-corrected chi connectivity index (χ4v) is 19.7. The van der Waals surface area contributed by atoms with E-state index in [4.69, 9.17) is 18.9 Å². The lowest BCUT2D eigenvalue weighted by molar-refractivity contribution is -0.181. The zero-order valence-electron chi connectivity index (χ0n) is 82.6. The molecule has 33 nitrogen and oxygen atoms in total. The molecule has 5 rings (SSSR count). The molecule has 733 valence electrons. The number of Topliss-reactive ketones (excluding diaryl/α,β-unsaturated/α-hetero) is 1. The molecule has 0 spiro atoms. The van der Waals surface area contributed by atoms with E-state index >= 15 is 19.2 Å². The maximum absolute atomic E-state index is 15.9. The molecule has 33 heteroatoms. The molecule has 6 N–H and O–H groups in total. The summed E-state index contributed by atoms with van der Waals surface area (Å²) < 4.78 is 22.6. The Morgan fingerprint density at radius 2 is 1.09 bits per heavy atom. The average Bonchev–Trinajstić information content (AvgIpc) is 1.52. The van der Waals surface area contributed by atoms with Crippen LogP contribution in [0.4, 0.5) is 4.79 Å². The van der Waals surface area contributed by atoms with E-state index in [0.717, 1.165) is 21.8 Å². The smallest absolute Gasteiger partial charge is 0.466 e. The first kappa shape index (κ1) is 111. The van der Waals surface area contributed by atoms with Crippen LogP contribution < -0.4 is 21.3 Å². The minimum atomic E-state index is -1.81. The van der Waals surface area contributed by atoms with Gasteiger partial charge in [-0.2, -0.15) is 0 Å². The number of amides is 11. The number of nitrogens with one attached hydrogen (secondary N) is 4. The molecular weight excluding hydrogens is 1670 g/mol. The highest BCUT2D eigenvalue weighted by Gasteiger charge is 2.68. The van der Waals surface area contributed by atoms with Crippen molar-refractivity contribution < 1.29 is 106 Å². The third-order valence-electron chi connectivity index (χ3n) is 27.4. The van der Waals surface area contributed by atoms with Gasteiger partial charge < -0.3 is 84.7 Å². The standard InChI is InChI=1S/C97H158N11O22/c1-27-29-37-62(15)83(130-94(125)128-47-35-31-30-33-38-77(113)127-46-36-32-34-39-78(114)129-55-75(111)97(126)45-43-68-67-41-40-65-52-66(109)42-44-95(65,18)79(67)74(110)53-96(68,97)19)82-87(118)100-69(28-2)89(120)102(20)54-76(112)103(21)70(48-56(3)4)86(117)101-80(60(11)12)92(123)104(22)71(49-57(5)6)85(116)98-63(16)84(115)99-64(17)88(119)105(23)72(50-58(7)8)90(121)106(24)73(51-59(9)10)91(122)107(25)81(61(13)14)93(124)108(82)26/h27,29,42,44,47,52,56-64,67-74,79-83,110,126H,28,30-41,43,45-46,48-51,53-55H2,1-26H3,(H,98,116)(H,99,115)(H,100,118)(H,101,117)/b29-27+/t62-,63?,64?,67?,68?,69?,70+,71?,72?,73?,74+,79?,80?,81-,82?,83?,95+,96+,97+/m1/s1. The molecule has 12 unspecified atom stereocenters. The summed E-state index contributed by atoms with van der Waals surface area (Å²) in [6.07, 6.45) is 10.8. The summed E-state index contributed by atoms with van der Waals surface area (Å²) >= 11 is 0. The molecule has 19 atom stereocenters. The number of likely N-dealkylation sites (N-methyl/N-ethyl adjacent to an activating group) is 7. The molecule has 0 bridgehead atoms. The summed E-state index contributed by atoms with van der Waals surface area (Å²) in [5, 5.41) is 34.9. The fourth-order valence-electron chi connectivity index (χ4n) is 19.7. The van der Waals surface area contributed by atoms with Crippen molar-refractivity contribution in [2.24, 2.45) is 70.0 Å². The van der Waals surface area contributed by atoms with Crippen molar-refractivity contribution in [3.63, 3.8) is 0 Å². The second-order valence-electron chi connectivity index (χ2n) is 40.0. The summed E-state index contributed by atoms with van der Waals surface area (Å²) in [4.78, 5) is 239. The van der Waals surface area contributed by atoms with Gasteiger partial charge in [0.1, 0.15) is 78.7 Å². The third-order valence-corrected chi connectivity index (χ3v) is 27.4. The molecule has 0 aromatic carbocycles. The highest BCUT2D eigenvalue weighted by molar-refractivity contribution is 6.02. The van der Waals surface area contributed by atoms with E-state index in [1.165, 1.54) is 94.3 Å². The van der Waals surface area contributed by atoms with Crippen LogP contribution in [0.3, 0.4) is 0 Å². The quantitative estimate of drug-likeness (QED) is 0.0158. The molecule has 4 aliphatic carbocycles. The number of allylic oxidation sites excluding steroid dienone is 6. The number of unbranched alkanes of at least 4 members (excludes halogenated alkanes) is 5. The maximum Gasteiger partial charge on any atom is 0.509 e. The zero-order chi connectivity index (χ0) is 98.2. The van der Waals surface area contributed by atoms with Crippen molar-refractivity contribution in [2.45, 2.75) is 338 Å². The van der Waals surface area contributed by atoms with Crippen LogP contribution >= 0.6 is 0 Å². The number of nitrogens with zero attached hydrogens (tertiary/aromatic N) is 7. The SMILES string of the molecule is C/C=C/C[C@@H](C)C(OC(=O)O[CH]CCCCCC(=O)OCCCCCC(=O)OCC(=O)[C@@]1(O)CCC2C3CCC4=CC(=O)C=C[C@]4(C)C3[C@@H](O)C[C@@]21C)C1C(=O)NC(CC)C(=O)N(C)CC(=O)N(C)[C@@H](CC(C)C)C(=O)NC(C(C)C)C(=O)N(C)C(CC(C)C)C(=O)NC(C)C(=O)NC(C)C(=O)N(C)C(CC(C)C)C(=O)N(C)C(CC(C)C)C(=O)N(C)[C@H](C(C)C)C(=O)N1C. The molecule has 1 aliphatic heterocycles. The molecule has 1 heterocycles. The predicted molar refractivity (Wildman–Crippen MR) is 490 cm³/mol. The van der Waals surface area contributed by atoms with E-state index in [0.29, 0.717) is 51.4 Å². The van der Waals surface area contributed by atoms with Gasteiger partial charge in [-0.05, 0) is 195 Å². The Hall–Kier alpha value is -9.14. The van der Waals surface area contributed by atoms with Crippen LogP contribution in [0.15, 0.2) is 36.0 Å². The Morgan fingerprint density at radius 1 is 0.569 bits per heavy atom. The summed E-state index contributed by atoms with van der Waals surface area (Å²) in [5.74, 6) is -13.0. The Labute approximate surface area is 772 Å². The molecule has 0 aromatic heterocycles. The Morgan fingerprint density at radius 3 is 1.65 bits per heavy atom. The molecule has 3 saturated carbocycles. The molecule has 4 fully saturated rings. The topological polar surface area (TPSA) is 421 Å². The maximum atomic E-state index is 15.9. The van der Waals surface area contributed by atoms with E-state index < -0.39 is 209 Å². The number of hydrogen-bond donors (Lipinski definition) is 6. The number of aliphatic hydroxyl groups excluding tert-OH is 1. The second kappa shape index (κ2) is 50.1. The van der Waals surface area contributed by atoms with Gasteiger partial charge in [-0.3, -0.25) is 71.9 Å². The van der Waals surface area contributed by atoms with Crippen molar-refractivity contribution >= 4 is 94.6 Å². The first-order chi connectivity index (χ1) is 60.7. The number of ether oxygens (including phenoxy) is 4. The molecule has 5 aliphatic rings. The van der Waals surface area contributed by atoms with Gasteiger partial charge in [0.25, 0.3) is 0 Å². The number of fused-ring (bicyclic) bond motifs is 5. The largest absolute Gasteiger partial charge is 0.509 e. The van der Waals surface area contributed by atoms with Gasteiger partial charge in [-0.25, -0.2) is 4.79 Å². The number of carbonyl (C=O) groups is 16. The second-order valence-corrected chi connectivity index (χ2v) is 40.0. The van der Waals surface area contributed by atoms with Crippen molar-refractivity contribution in [3.05, 3.63) is 42.6 Å². The minimum Gasteiger partial charge on any atom is -0.466 e. The summed E-state index contributed by atoms with van der Waals surface area (Å²) in [7, 11) is 9.69. The molecule has 0 aromatic rings. The average molecular weight is 1830 g/mol. The normalized spacial score (nSPS) is 29.2. The predicted octanol–water partition coefficient (Wildman–Crippen LogP) is 8.77. The van der Waals surface area contributed by atoms with Crippen LogP contribution in [0.5, 0.6) is 0 Å². The Bertz CT molecular complexity index is 4050. The third kappa shape index (κ3) is 28.7. The Balaban J connectivity index is 1.35. The molecule has 11 amide bonds. The van der Waals surface area contributed by atoms with Gasteiger partial charge in [-0.15, -0.1) is 0 Å². The number of aliphatic hydroxyl groups is 2. The van der Waals surface area contributed by atoms with E-state index in [-0.39, 0.29) is 124 Å². The lowest BCUT2D eigenvalue weighted by atomic mass is 9.46. The van der Waals surface area contributed by atoms with Crippen molar-refractivity contribution in [1.29, 1.82) is 0 Å². The number of hydrogen-bond acceptors (Lipinski definition) is 22. The van der Waals surface area contributed by atoms with Gasteiger partial charge in [-0.1, -0.05) is 141 Å². The van der Waals surface area contributed by atoms with Crippen LogP contribution in [0.1, 0.15) is 260 Å².